The number of halogens is 2. The van der Waals surface area contributed by atoms with Crippen LogP contribution in [0, 0.1) is 6.92 Å². The number of benzene rings is 1. The number of carbonyl (C=O) groups is 2. The van der Waals surface area contributed by atoms with E-state index in [0.29, 0.717) is 22.3 Å². The zero-order valence-corrected chi connectivity index (χ0v) is 16.1. The van der Waals surface area contributed by atoms with Crippen molar-refractivity contribution in [3.8, 4) is 0 Å². The van der Waals surface area contributed by atoms with E-state index < -0.39 is 0 Å². The number of carbonyl (C=O) groups excluding carboxylic acids is 2. The fraction of sp³-hybridized carbons (Fsp3) is 0.235. The first kappa shape index (κ1) is 19.4. The summed E-state index contributed by atoms with van der Waals surface area (Å²) in [5.74, 6) is -0.642. The first-order valence-electron chi connectivity index (χ1n) is 7.53. The predicted molar refractivity (Wildman–Crippen MR) is 103 cm³/mol. The molecular weight excluding hydrogens is 381 g/mol. The van der Waals surface area contributed by atoms with Crippen molar-refractivity contribution in [2.24, 2.45) is 0 Å². The molecule has 132 valence electrons. The van der Waals surface area contributed by atoms with Gasteiger partial charge in [0.05, 0.1) is 26.4 Å². The number of aromatic nitrogens is 1. The lowest BCUT2D eigenvalue weighted by Gasteiger charge is -2.19. The molecule has 1 aromatic carbocycles. The van der Waals surface area contributed by atoms with Gasteiger partial charge in [0, 0.05) is 18.0 Å². The Morgan fingerprint density at radius 2 is 2.00 bits per heavy atom. The third-order valence-electron chi connectivity index (χ3n) is 3.29. The van der Waals surface area contributed by atoms with E-state index >= 15 is 0 Å². The average Bonchev–Trinajstić information content (AvgIpc) is 2.99. The maximum atomic E-state index is 12.3. The monoisotopic (exact) mass is 397 g/mol. The number of nitrogens with zero attached hydrogens (tertiary/aromatic N) is 2. The number of para-hydroxylation sites is 1. The first-order chi connectivity index (χ1) is 11.9. The highest BCUT2D eigenvalue weighted by molar-refractivity contribution is 7.09. The number of anilines is 1. The van der Waals surface area contributed by atoms with Gasteiger partial charge in [0.2, 0.25) is 11.8 Å². The van der Waals surface area contributed by atoms with Crippen LogP contribution in [0.5, 0.6) is 0 Å². The molecule has 0 fully saturated rings. The SMILES string of the molecule is CCN(CC(=O)Nc1c(Cl)cccc1Cl)C(=O)/C=C/c1csc(C)n1. The van der Waals surface area contributed by atoms with E-state index in [2.05, 4.69) is 10.3 Å². The van der Waals surface area contributed by atoms with Crippen LogP contribution in [0.3, 0.4) is 0 Å². The second kappa shape index (κ2) is 8.99. The molecule has 0 atom stereocenters. The van der Waals surface area contributed by atoms with Crippen LogP contribution in [-0.4, -0.2) is 34.8 Å². The third kappa shape index (κ3) is 5.56. The van der Waals surface area contributed by atoms with E-state index in [-0.39, 0.29) is 18.4 Å². The lowest BCUT2D eigenvalue weighted by Crippen LogP contribution is -2.37. The second-order valence-corrected chi connectivity index (χ2v) is 7.00. The number of hydrogen-bond acceptors (Lipinski definition) is 4. The molecule has 1 N–H and O–H groups in total. The summed E-state index contributed by atoms with van der Waals surface area (Å²) in [5, 5.41) is 6.12. The highest BCUT2D eigenvalue weighted by Gasteiger charge is 2.15. The van der Waals surface area contributed by atoms with Crippen molar-refractivity contribution in [2.75, 3.05) is 18.4 Å². The van der Waals surface area contributed by atoms with E-state index in [1.165, 1.54) is 22.3 Å². The number of amides is 2. The average molecular weight is 398 g/mol. The third-order valence-corrected chi connectivity index (χ3v) is 4.71. The molecule has 0 bridgehead atoms. The number of likely N-dealkylation sites (N-methyl/N-ethyl adjacent to an activating group) is 1. The number of thiazole rings is 1. The Bertz CT molecular complexity index is 785. The summed E-state index contributed by atoms with van der Waals surface area (Å²) >= 11 is 13.6. The smallest absolute Gasteiger partial charge is 0.247 e. The van der Waals surface area contributed by atoms with Crippen LogP contribution in [0.4, 0.5) is 5.69 Å². The molecule has 2 amide bonds. The van der Waals surface area contributed by atoms with Crippen molar-refractivity contribution in [3.05, 3.63) is 50.4 Å². The number of rotatable bonds is 6. The lowest BCUT2D eigenvalue weighted by molar-refractivity contribution is -0.130. The summed E-state index contributed by atoms with van der Waals surface area (Å²) in [7, 11) is 0. The summed E-state index contributed by atoms with van der Waals surface area (Å²) in [5.41, 5.74) is 1.06. The van der Waals surface area contributed by atoms with Crippen molar-refractivity contribution in [1.29, 1.82) is 0 Å². The zero-order valence-electron chi connectivity index (χ0n) is 13.8. The Labute approximate surface area is 160 Å². The van der Waals surface area contributed by atoms with Gasteiger partial charge in [-0.1, -0.05) is 29.3 Å². The van der Waals surface area contributed by atoms with Crippen molar-refractivity contribution in [1.82, 2.24) is 9.88 Å². The summed E-state index contributed by atoms with van der Waals surface area (Å²) in [6, 6.07) is 4.95. The minimum atomic E-state index is -0.372. The van der Waals surface area contributed by atoms with E-state index in [4.69, 9.17) is 23.2 Å². The topological polar surface area (TPSA) is 62.3 Å². The molecule has 2 aromatic rings. The van der Waals surface area contributed by atoms with Crippen molar-refractivity contribution in [2.45, 2.75) is 13.8 Å². The van der Waals surface area contributed by atoms with E-state index in [1.807, 2.05) is 12.3 Å². The molecule has 2 rings (SSSR count). The second-order valence-electron chi connectivity index (χ2n) is 5.12. The van der Waals surface area contributed by atoms with Crippen LogP contribution in [-0.2, 0) is 9.59 Å². The Morgan fingerprint density at radius 1 is 1.32 bits per heavy atom. The predicted octanol–water partition coefficient (Wildman–Crippen LogP) is 4.26. The minimum absolute atomic E-state index is 0.0999. The van der Waals surface area contributed by atoms with E-state index in [9.17, 15) is 9.59 Å². The Balaban J connectivity index is 1.99. The van der Waals surface area contributed by atoms with Gasteiger partial charge in [0.1, 0.15) is 6.54 Å². The highest BCUT2D eigenvalue weighted by atomic mass is 35.5. The molecule has 5 nitrogen and oxygen atoms in total. The lowest BCUT2D eigenvalue weighted by atomic mass is 10.3. The van der Waals surface area contributed by atoms with Gasteiger partial charge in [-0.05, 0) is 32.1 Å². The molecule has 0 saturated heterocycles. The van der Waals surface area contributed by atoms with Crippen molar-refractivity contribution >= 4 is 58.1 Å². The fourth-order valence-electron chi connectivity index (χ4n) is 2.03. The fourth-order valence-corrected chi connectivity index (χ4v) is 3.11. The molecule has 1 aromatic heterocycles. The van der Waals surface area contributed by atoms with Gasteiger partial charge in [-0.25, -0.2) is 4.98 Å². The van der Waals surface area contributed by atoms with Gasteiger partial charge >= 0.3 is 0 Å². The molecule has 0 unspecified atom stereocenters. The molecule has 0 spiro atoms. The molecule has 8 heteroatoms. The first-order valence-corrected chi connectivity index (χ1v) is 9.17. The van der Waals surface area contributed by atoms with Crippen LogP contribution in [0.15, 0.2) is 29.7 Å². The van der Waals surface area contributed by atoms with Crippen LogP contribution < -0.4 is 5.32 Å². The molecule has 1 heterocycles. The Morgan fingerprint density at radius 3 is 2.56 bits per heavy atom. The van der Waals surface area contributed by atoms with E-state index in [1.54, 1.807) is 31.2 Å². The van der Waals surface area contributed by atoms with Crippen molar-refractivity contribution < 1.29 is 9.59 Å². The molecule has 25 heavy (non-hydrogen) atoms. The Kier molecular flexibility index (Phi) is 6.99. The maximum Gasteiger partial charge on any atom is 0.247 e. The highest BCUT2D eigenvalue weighted by Crippen LogP contribution is 2.29. The largest absolute Gasteiger partial charge is 0.330 e. The maximum absolute atomic E-state index is 12.3. The standard InChI is InChI=1S/C17H17Cl2N3O2S/c1-3-22(16(24)8-7-12-10-25-11(2)20-12)9-15(23)21-17-13(18)5-4-6-14(17)19/h4-8,10H,3,9H2,1-2H3,(H,21,23)/b8-7+. The van der Waals surface area contributed by atoms with Gasteiger partial charge in [-0.2, -0.15) is 0 Å². The summed E-state index contributed by atoms with van der Waals surface area (Å²) < 4.78 is 0. The van der Waals surface area contributed by atoms with Gasteiger partial charge in [-0.15, -0.1) is 11.3 Å². The molecule has 0 radical (unpaired) electrons. The Hall–Kier alpha value is -1.89. The molecule has 0 aliphatic heterocycles. The van der Waals surface area contributed by atoms with Crippen LogP contribution in [0.2, 0.25) is 10.0 Å². The normalized spacial score (nSPS) is 10.9. The van der Waals surface area contributed by atoms with Crippen molar-refractivity contribution in [3.63, 3.8) is 0 Å². The minimum Gasteiger partial charge on any atom is -0.330 e. The molecular formula is C17H17Cl2N3O2S. The quantitative estimate of drug-likeness (QED) is 0.740. The molecule has 0 saturated carbocycles. The number of hydrogen-bond donors (Lipinski definition) is 1. The summed E-state index contributed by atoms with van der Waals surface area (Å²) in [6.45, 7) is 3.99. The van der Waals surface area contributed by atoms with E-state index in [0.717, 1.165) is 10.7 Å². The van der Waals surface area contributed by atoms with Gasteiger partial charge < -0.3 is 10.2 Å². The van der Waals surface area contributed by atoms with Crippen LogP contribution in [0.25, 0.3) is 6.08 Å². The number of aryl methyl sites for hydroxylation is 1. The van der Waals surface area contributed by atoms with Gasteiger partial charge in [-0.3, -0.25) is 9.59 Å². The molecule has 0 aliphatic carbocycles. The van der Waals surface area contributed by atoms with Gasteiger partial charge in [0.15, 0.2) is 0 Å². The summed E-state index contributed by atoms with van der Waals surface area (Å²) in [6.07, 6.45) is 3.05. The summed E-state index contributed by atoms with van der Waals surface area (Å²) in [4.78, 5) is 30.1. The number of nitrogens with one attached hydrogen (secondary N) is 1. The van der Waals surface area contributed by atoms with Crippen LogP contribution >= 0.6 is 34.5 Å². The molecule has 0 aliphatic rings. The van der Waals surface area contributed by atoms with Crippen LogP contribution in [0.1, 0.15) is 17.6 Å². The zero-order chi connectivity index (χ0) is 18.4. The van der Waals surface area contributed by atoms with Gasteiger partial charge in [0.25, 0.3) is 0 Å².